The smallest absolute Gasteiger partial charge is 0.413 e. The summed E-state index contributed by atoms with van der Waals surface area (Å²) in [6.07, 6.45) is -2.32. The average Bonchev–Trinajstić information content (AvgIpc) is 2.98. The van der Waals surface area contributed by atoms with Gasteiger partial charge >= 0.3 is 12.1 Å². The van der Waals surface area contributed by atoms with E-state index in [1.807, 2.05) is 13.8 Å². The fourth-order valence-corrected chi connectivity index (χ4v) is 3.35. The molecule has 1 aromatic rings. The topological polar surface area (TPSA) is 94.5 Å². The highest BCUT2D eigenvalue weighted by Gasteiger charge is 2.51. The van der Waals surface area contributed by atoms with E-state index in [1.54, 1.807) is 39.0 Å². The number of hydrogen-bond donors (Lipinski definition) is 1. The number of carbonyl (C=O) groups excluding carboxylic acids is 1. The van der Waals surface area contributed by atoms with Crippen LogP contribution in [0.3, 0.4) is 0 Å². The zero-order valence-corrected chi connectivity index (χ0v) is 18.1. The zero-order chi connectivity index (χ0) is 21.9. The molecular formula is C21H31NO7. The Labute approximate surface area is 171 Å². The second-order valence-electron chi connectivity index (χ2n) is 8.44. The van der Waals surface area contributed by atoms with Crippen LogP contribution in [0.15, 0.2) is 18.2 Å². The molecule has 2 rings (SSSR count). The number of carboxylic acids is 1. The summed E-state index contributed by atoms with van der Waals surface area (Å²) in [6, 6.07) is 4.40. The molecule has 1 heterocycles. The molecule has 3 atom stereocenters. The van der Waals surface area contributed by atoms with Crippen molar-refractivity contribution in [2.45, 2.75) is 65.0 Å². The van der Waals surface area contributed by atoms with Gasteiger partial charge in [0.15, 0.2) is 12.3 Å². The number of amides is 1. The summed E-state index contributed by atoms with van der Waals surface area (Å²) in [7, 11) is 3.03. The predicted molar refractivity (Wildman–Crippen MR) is 106 cm³/mol. The van der Waals surface area contributed by atoms with Crippen LogP contribution < -0.4 is 9.47 Å². The first-order valence-corrected chi connectivity index (χ1v) is 9.60. The molecular weight excluding hydrogens is 378 g/mol. The van der Waals surface area contributed by atoms with Crippen LogP contribution in [-0.4, -0.2) is 54.0 Å². The van der Waals surface area contributed by atoms with Gasteiger partial charge in [-0.25, -0.2) is 9.59 Å². The van der Waals surface area contributed by atoms with Crippen molar-refractivity contribution in [2.24, 2.45) is 5.92 Å². The van der Waals surface area contributed by atoms with Crippen molar-refractivity contribution in [1.82, 2.24) is 4.90 Å². The molecule has 0 aromatic heterocycles. The number of methoxy groups -OCH3 is 2. The average molecular weight is 409 g/mol. The minimum Gasteiger partial charge on any atom is -0.497 e. The molecule has 1 aromatic carbocycles. The lowest BCUT2D eigenvalue weighted by atomic mass is 9.98. The van der Waals surface area contributed by atoms with E-state index in [0.29, 0.717) is 23.5 Å². The van der Waals surface area contributed by atoms with Gasteiger partial charge in [-0.3, -0.25) is 4.90 Å². The molecule has 0 saturated carbocycles. The van der Waals surface area contributed by atoms with E-state index in [2.05, 4.69) is 0 Å². The summed E-state index contributed by atoms with van der Waals surface area (Å²) in [6.45, 7) is 9.21. The molecule has 3 unspecified atom stereocenters. The van der Waals surface area contributed by atoms with Crippen molar-refractivity contribution in [3.05, 3.63) is 23.8 Å². The van der Waals surface area contributed by atoms with E-state index in [9.17, 15) is 14.7 Å². The standard InChI is InChI=1S/C21H31NO7/c1-12(2)10-15-17(19(23)24)28-18(22(15)20(25)29-21(3,4)5)14-9-8-13(26-6)11-16(14)27-7/h8-9,11-12,15,17-18H,10H2,1-7H3,(H,23,24). The van der Waals surface area contributed by atoms with Crippen LogP contribution >= 0.6 is 0 Å². The molecule has 1 aliphatic heterocycles. The van der Waals surface area contributed by atoms with Gasteiger partial charge < -0.3 is 24.1 Å². The van der Waals surface area contributed by atoms with Crippen molar-refractivity contribution in [2.75, 3.05) is 14.2 Å². The monoisotopic (exact) mass is 409 g/mol. The van der Waals surface area contributed by atoms with Crippen LogP contribution in [-0.2, 0) is 14.3 Å². The van der Waals surface area contributed by atoms with Gasteiger partial charge in [0.05, 0.1) is 20.3 Å². The highest BCUT2D eigenvalue weighted by Crippen LogP contribution is 2.42. The second-order valence-corrected chi connectivity index (χ2v) is 8.44. The SMILES string of the molecule is COc1ccc(C2OC(C(=O)O)C(CC(C)C)N2C(=O)OC(C)(C)C)c(OC)c1. The summed E-state index contributed by atoms with van der Waals surface area (Å²) in [5.41, 5.74) is -0.216. The Morgan fingerprint density at radius 2 is 1.86 bits per heavy atom. The minimum absolute atomic E-state index is 0.145. The Balaban J connectivity index is 2.55. The van der Waals surface area contributed by atoms with Crippen molar-refractivity contribution in [1.29, 1.82) is 0 Å². The van der Waals surface area contributed by atoms with Gasteiger partial charge in [-0.1, -0.05) is 13.8 Å². The first-order chi connectivity index (χ1) is 13.5. The van der Waals surface area contributed by atoms with E-state index in [1.165, 1.54) is 19.1 Å². The molecule has 0 aliphatic carbocycles. The number of carbonyl (C=O) groups is 2. The Hall–Kier alpha value is -2.48. The van der Waals surface area contributed by atoms with Crippen molar-refractivity contribution < 1.29 is 33.6 Å². The van der Waals surface area contributed by atoms with Crippen LogP contribution in [0, 0.1) is 5.92 Å². The zero-order valence-electron chi connectivity index (χ0n) is 18.1. The fraction of sp³-hybridized carbons (Fsp3) is 0.619. The van der Waals surface area contributed by atoms with Crippen LogP contribution in [0.4, 0.5) is 4.79 Å². The number of rotatable bonds is 6. The lowest BCUT2D eigenvalue weighted by molar-refractivity contribution is -0.150. The van der Waals surface area contributed by atoms with Crippen LogP contribution in [0.1, 0.15) is 52.8 Å². The molecule has 8 heteroatoms. The normalized spacial score (nSPS) is 21.9. The Bertz CT molecular complexity index is 741. The lowest BCUT2D eigenvalue weighted by Crippen LogP contribution is -2.45. The van der Waals surface area contributed by atoms with Crippen molar-refractivity contribution in [3.63, 3.8) is 0 Å². The second kappa shape index (κ2) is 8.90. The number of ether oxygens (including phenoxy) is 4. The third-order valence-electron chi connectivity index (χ3n) is 4.50. The summed E-state index contributed by atoms with van der Waals surface area (Å²) in [5.74, 6) is 0.0178. The molecule has 29 heavy (non-hydrogen) atoms. The molecule has 1 saturated heterocycles. The van der Waals surface area contributed by atoms with E-state index in [4.69, 9.17) is 18.9 Å². The maximum Gasteiger partial charge on any atom is 0.413 e. The van der Waals surface area contributed by atoms with Gasteiger partial charge in [-0.2, -0.15) is 0 Å². The summed E-state index contributed by atoms with van der Waals surface area (Å²) < 4.78 is 22.2. The maximum atomic E-state index is 13.1. The van der Waals surface area contributed by atoms with Gasteiger partial charge in [0, 0.05) is 11.6 Å². The quantitative estimate of drug-likeness (QED) is 0.763. The molecule has 1 aliphatic rings. The predicted octanol–water partition coefficient (Wildman–Crippen LogP) is 3.84. The molecule has 1 amide bonds. The Kier molecular flexibility index (Phi) is 7.00. The molecule has 1 N–H and O–H groups in total. The molecule has 0 spiro atoms. The van der Waals surface area contributed by atoms with Gasteiger partial charge in [-0.15, -0.1) is 0 Å². The third kappa shape index (κ3) is 5.32. The summed E-state index contributed by atoms with van der Waals surface area (Å²) in [5, 5.41) is 9.75. The fourth-order valence-electron chi connectivity index (χ4n) is 3.35. The number of aliphatic carboxylic acids is 1. The molecule has 162 valence electrons. The van der Waals surface area contributed by atoms with E-state index >= 15 is 0 Å². The number of benzene rings is 1. The third-order valence-corrected chi connectivity index (χ3v) is 4.50. The van der Waals surface area contributed by atoms with Gasteiger partial charge in [0.25, 0.3) is 0 Å². The highest BCUT2D eigenvalue weighted by atomic mass is 16.6. The molecule has 0 bridgehead atoms. The summed E-state index contributed by atoms with van der Waals surface area (Å²) in [4.78, 5) is 26.4. The highest BCUT2D eigenvalue weighted by molar-refractivity contribution is 5.77. The molecule has 1 fully saturated rings. The number of carboxylic acid groups (broad SMARTS) is 1. The Morgan fingerprint density at radius 3 is 2.34 bits per heavy atom. The number of nitrogens with zero attached hydrogens (tertiary/aromatic N) is 1. The van der Waals surface area contributed by atoms with Gasteiger partial charge in [-0.05, 0) is 45.2 Å². The lowest BCUT2D eigenvalue weighted by Gasteiger charge is -2.32. The van der Waals surface area contributed by atoms with Crippen LogP contribution in [0.2, 0.25) is 0 Å². The summed E-state index contributed by atoms with van der Waals surface area (Å²) >= 11 is 0. The van der Waals surface area contributed by atoms with Crippen LogP contribution in [0.25, 0.3) is 0 Å². The van der Waals surface area contributed by atoms with Gasteiger partial charge in [0.2, 0.25) is 0 Å². The maximum absolute atomic E-state index is 13.1. The van der Waals surface area contributed by atoms with Crippen molar-refractivity contribution >= 4 is 12.1 Å². The van der Waals surface area contributed by atoms with E-state index in [0.717, 1.165) is 0 Å². The first-order valence-electron chi connectivity index (χ1n) is 9.60. The first kappa shape index (κ1) is 22.8. The number of hydrogen-bond acceptors (Lipinski definition) is 6. The van der Waals surface area contributed by atoms with Crippen LogP contribution in [0.5, 0.6) is 11.5 Å². The van der Waals surface area contributed by atoms with Gasteiger partial charge in [0.1, 0.15) is 17.1 Å². The molecule has 8 nitrogen and oxygen atoms in total. The largest absolute Gasteiger partial charge is 0.497 e. The van der Waals surface area contributed by atoms with E-state index in [-0.39, 0.29) is 5.92 Å². The molecule has 0 radical (unpaired) electrons. The van der Waals surface area contributed by atoms with E-state index < -0.39 is 36.0 Å². The Morgan fingerprint density at radius 1 is 1.21 bits per heavy atom. The minimum atomic E-state index is -1.18. The van der Waals surface area contributed by atoms with Crippen molar-refractivity contribution in [3.8, 4) is 11.5 Å².